The fourth-order valence-corrected chi connectivity index (χ4v) is 5.29. The Morgan fingerprint density at radius 1 is 0.784 bits per heavy atom. The summed E-state index contributed by atoms with van der Waals surface area (Å²) in [6.07, 6.45) is 8.46. The van der Waals surface area contributed by atoms with Crippen LogP contribution in [0.25, 0.3) is 11.1 Å². The maximum absolute atomic E-state index is 4.73. The smallest absolute Gasteiger partial charge is 0.142 e. The van der Waals surface area contributed by atoms with Crippen LogP contribution in [0.5, 0.6) is 0 Å². The maximum Gasteiger partial charge on any atom is 0.142 e. The van der Waals surface area contributed by atoms with E-state index in [4.69, 9.17) is 9.97 Å². The van der Waals surface area contributed by atoms with E-state index < -0.39 is 0 Å². The second-order valence-electron chi connectivity index (χ2n) is 10.7. The van der Waals surface area contributed by atoms with Gasteiger partial charge in [0, 0.05) is 95.3 Å². The fourth-order valence-electron chi connectivity index (χ4n) is 5.29. The molecule has 8 bridgehead atoms. The van der Waals surface area contributed by atoms with Crippen LogP contribution in [0.15, 0.2) is 55.0 Å². The Morgan fingerprint density at radius 2 is 1.59 bits per heavy atom. The van der Waals surface area contributed by atoms with Crippen molar-refractivity contribution < 1.29 is 0 Å². The summed E-state index contributed by atoms with van der Waals surface area (Å²) in [6.45, 7) is 11.6. The second-order valence-corrected chi connectivity index (χ2v) is 10.7. The van der Waals surface area contributed by atoms with Gasteiger partial charge in [-0.1, -0.05) is 12.1 Å². The number of benzene rings is 1. The molecule has 1 aromatic carbocycles. The first-order chi connectivity index (χ1) is 18.3. The molecule has 1 aliphatic carbocycles. The third kappa shape index (κ3) is 6.90. The molecule has 0 radical (unpaired) electrons. The average Bonchev–Trinajstić information content (AvgIpc) is 3.74. The van der Waals surface area contributed by atoms with E-state index in [9.17, 15) is 0 Å². The van der Waals surface area contributed by atoms with Gasteiger partial charge in [0.05, 0.1) is 6.54 Å². The van der Waals surface area contributed by atoms with E-state index in [2.05, 4.69) is 60.6 Å². The summed E-state index contributed by atoms with van der Waals surface area (Å²) < 4.78 is 0. The number of pyridine rings is 1. The van der Waals surface area contributed by atoms with Crippen LogP contribution < -0.4 is 10.6 Å². The number of hydrogen-bond donors (Lipinski definition) is 2. The first-order valence-corrected chi connectivity index (χ1v) is 13.8. The number of piperazine rings is 1. The van der Waals surface area contributed by atoms with Crippen molar-refractivity contribution in [3.8, 4) is 11.1 Å². The first kappa shape index (κ1) is 24.4. The molecular weight excluding hydrogens is 460 g/mol. The summed E-state index contributed by atoms with van der Waals surface area (Å²) in [5.41, 5.74) is 4.47. The molecule has 3 aromatic rings. The molecule has 9 rings (SSSR count). The van der Waals surface area contributed by atoms with Crippen LogP contribution in [-0.4, -0.2) is 88.6 Å². The molecule has 1 saturated heterocycles. The molecule has 6 aliphatic rings. The zero-order chi connectivity index (χ0) is 24.9. The largest absolute Gasteiger partial charge is 0.340 e. The van der Waals surface area contributed by atoms with Crippen LogP contribution >= 0.6 is 0 Å². The Labute approximate surface area is 220 Å². The van der Waals surface area contributed by atoms with Gasteiger partial charge in [0.15, 0.2) is 0 Å². The SMILES string of the molecule is c1cc2cc(c1)Nc1cc(ccn1)-c1cnc(nc1)CN(CC1CC1)CCNCCN1CCN(CC1)C2. The number of anilines is 2. The molecule has 0 unspecified atom stereocenters. The molecular formula is C29H38N8. The van der Waals surface area contributed by atoms with Gasteiger partial charge in [-0.25, -0.2) is 15.0 Å². The molecule has 0 atom stereocenters. The Hall–Kier alpha value is -2.91. The van der Waals surface area contributed by atoms with Crippen LogP contribution in [0.2, 0.25) is 0 Å². The van der Waals surface area contributed by atoms with Gasteiger partial charge in [-0.15, -0.1) is 0 Å². The molecule has 2 N–H and O–H groups in total. The predicted molar refractivity (Wildman–Crippen MR) is 148 cm³/mol. The van der Waals surface area contributed by atoms with E-state index in [0.29, 0.717) is 0 Å². The van der Waals surface area contributed by atoms with Gasteiger partial charge in [-0.2, -0.15) is 0 Å². The molecule has 7 heterocycles. The lowest BCUT2D eigenvalue weighted by atomic mass is 10.1. The number of aromatic nitrogens is 3. The van der Waals surface area contributed by atoms with Gasteiger partial charge < -0.3 is 10.6 Å². The minimum absolute atomic E-state index is 0.805. The van der Waals surface area contributed by atoms with Crippen molar-refractivity contribution in [3.63, 3.8) is 0 Å². The molecule has 194 valence electrons. The predicted octanol–water partition coefficient (Wildman–Crippen LogP) is 3.22. The lowest BCUT2D eigenvalue weighted by Gasteiger charge is -2.34. The summed E-state index contributed by atoms with van der Waals surface area (Å²) in [5.74, 6) is 2.57. The van der Waals surface area contributed by atoms with Gasteiger partial charge >= 0.3 is 0 Å². The standard InChI is InChI=1S/C29H38N8/c1-2-24-16-27(3-1)34-28-17-25(6-7-31-28)26-18-32-29(33-19-26)22-37(20-23-4-5-23)11-9-30-8-10-35-12-14-36(21-24)15-13-35/h1-3,6-7,16-19,23,30H,4-5,8-15,20-22H2,(H,31,34). The van der Waals surface area contributed by atoms with E-state index in [0.717, 1.165) is 106 Å². The summed E-state index contributed by atoms with van der Waals surface area (Å²) in [7, 11) is 0. The quantitative estimate of drug-likeness (QED) is 0.558. The third-order valence-corrected chi connectivity index (χ3v) is 7.66. The highest BCUT2D eigenvalue weighted by molar-refractivity contribution is 5.67. The molecule has 0 spiro atoms. The van der Waals surface area contributed by atoms with Crippen LogP contribution in [0.1, 0.15) is 24.2 Å². The van der Waals surface area contributed by atoms with Gasteiger partial charge in [0.25, 0.3) is 0 Å². The monoisotopic (exact) mass is 498 g/mol. The van der Waals surface area contributed by atoms with Crippen molar-refractivity contribution in [2.75, 3.05) is 64.2 Å². The van der Waals surface area contributed by atoms with E-state index in [1.807, 2.05) is 24.7 Å². The molecule has 0 amide bonds. The summed E-state index contributed by atoms with van der Waals surface area (Å²) in [6, 6.07) is 12.8. The van der Waals surface area contributed by atoms with Gasteiger partial charge in [-0.05, 0) is 54.2 Å². The summed E-state index contributed by atoms with van der Waals surface area (Å²) in [5, 5.41) is 7.18. The third-order valence-electron chi connectivity index (χ3n) is 7.66. The van der Waals surface area contributed by atoms with Crippen molar-refractivity contribution in [1.29, 1.82) is 0 Å². The number of nitrogens with one attached hydrogen (secondary N) is 2. The van der Waals surface area contributed by atoms with Gasteiger partial charge in [-0.3, -0.25) is 14.7 Å². The van der Waals surface area contributed by atoms with E-state index in [1.54, 1.807) is 0 Å². The molecule has 8 heteroatoms. The second kappa shape index (κ2) is 11.6. The van der Waals surface area contributed by atoms with Crippen molar-refractivity contribution in [2.24, 2.45) is 5.92 Å². The first-order valence-electron chi connectivity index (χ1n) is 13.8. The van der Waals surface area contributed by atoms with Crippen LogP contribution in [-0.2, 0) is 13.1 Å². The highest BCUT2D eigenvalue weighted by Gasteiger charge is 2.24. The van der Waals surface area contributed by atoms with Crippen molar-refractivity contribution >= 4 is 11.5 Å². The average molecular weight is 499 g/mol. The lowest BCUT2D eigenvalue weighted by Crippen LogP contribution is -2.48. The van der Waals surface area contributed by atoms with Crippen molar-refractivity contribution in [3.05, 3.63) is 66.4 Å². The lowest BCUT2D eigenvalue weighted by molar-refractivity contribution is 0.127. The van der Waals surface area contributed by atoms with Crippen molar-refractivity contribution in [1.82, 2.24) is 35.0 Å². The maximum atomic E-state index is 4.73. The molecule has 8 nitrogen and oxygen atoms in total. The van der Waals surface area contributed by atoms with Crippen LogP contribution in [0.3, 0.4) is 0 Å². The van der Waals surface area contributed by atoms with Gasteiger partial charge in [0.1, 0.15) is 11.6 Å². The van der Waals surface area contributed by atoms with Crippen LogP contribution in [0, 0.1) is 5.92 Å². The van der Waals surface area contributed by atoms with Crippen LogP contribution in [0.4, 0.5) is 11.5 Å². The molecule has 5 aliphatic heterocycles. The molecule has 2 aromatic heterocycles. The Kier molecular flexibility index (Phi) is 7.69. The fraction of sp³-hybridized carbons (Fsp3) is 0.483. The summed E-state index contributed by atoms with van der Waals surface area (Å²) in [4.78, 5) is 21.7. The number of rotatable bonds is 2. The zero-order valence-electron chi connectivity index (χ0n) is 21.6. The Balaban J connectivity index is 1.22. The molecule has 1 saturated carbocycles. The topological polar surface area (TPSA) is 72.4 Å². The highest BCUT2D eigenvalue weighted by atomic mass is 15.3. The highest BCUT2D eigenvalue weighted by Crippen LogP contribution is 2.30. The summed E-state index contributed by atoms with van der Waals surface area (Å²) >= 11 is 0. The van der Waals surface area contributed by atoms with E-state index in [-0.39, 0.29) is 0 Å². The molecule has 37 heavy (non-hydrogen) atoms. The minimum atomic E-state index is 0.805. The normalized spacial score (nSPS) is 23.5. The van der Waals surface area contributed by atoms with E-state index >= 15 is 0 Å². The van der Waals surface area contributed by atoms with Gasteiger partial charge in [0.2, 0.25) is 0 Å². The Morgan fingerprint density at radius 3 is 2.43 bits per heavy atom. The molecule has 2 fully saturated rings. The van der Waals surface area contributed by atoms with E-state index in [1.165, 1.54) is 18.4 Å². The minimum Gasteiger partial charge on any atom is -0.340 e. The number of hydrogen-bond acceptors (Lipinski definition) is 8. The number of nitrogens with zero attached hydrogens (tertiary/aromatic N) is 6. The van der Waals surface area contributed by atoms with Crippen molar-refractivity contribution in [2.45, 2.75) is 25.9 Å². The Bertz CT molecular complexity index is 1150. The zero-order valence-corrected chi connectivity index (χ0v) is 21.6.